The van der Waals surface area contributed by atoms with Crippen molar-refractivity contribution in [2.24, 2.45) is 11.7 Å². The molecule has 2 heterocycles. The minimum absolute atomic E-state index is 0.0953. The Morgan fingerprint density at radius 3 is 2.78 bits per heavy atom. The van der Waals surface area contributed by atoms with Crippen molar-refractivity contribution >= 4 is 5.82 Å². The van der Waals surface area contributed by atoms with Crippen molar-refractivity contribution in [3.8, 4) is 5.88 Å². The summed E-state index contributed by atoms with van der Waals surface area (Å²) in [4.78, 5) is 10.8. The highest BCUT2D eigenvalue weighted by Gasteiger charge is 2.42. The Labute approximate surface area is 108 Å². The standard InChI is InChI=1S/C13H22N4O/c1-4-5-18-12-7-15-6-11(16-12)17-8-13(14,9-17)10(2)3/h6-7,10H,4-5,8-9,14H2,1-3H3. The van der Waals surface area contributed by atoms with Gasteiger partial charge >= 0.3 is 0 Å². The monoisotopic (exact) mass is 250 g/mol. The Morgan fingerprint density at radius 1 is 1.44 bits per heavy atom. The highest BCUT2D eigenvalue weighted by Crippen LogP contribution is 2.30. The maximum Gasteiger partial charge on any atom is 0.234 e. The maximum atomic E-state index is 6.27. The Morgan fingerprint density at radius 2 is 2.17 bits per heavy atom. The highest BCUT2D eigenvalue weighted by molar-refractivity contribution is 5.44. The fraction of sp³-hybridized carbons (Fsp3) is 0.692. The first-order valence-corrected chi connectivity index (χ1v) is 6.54. The van der Waals surface area contributed by atoms with Crippen molar-refractivity contribution in [2.45, 2.75) is 32.7 Å². The lowest BCUT2D eigenvalue weighted by atomic mass is 9.80. The van der Waals surface area contributed by atoms with Crippen molar-refractivity contribution in [3.63, 3.8) is 0 Å². The highest BCUT2D eigenvalue weighted by atomic mass is 16.5. The molecule has 1 fully saturated rings. The summed E-state index contributed by atoms with van der Waals surface area (Å²) < 4.78 is 5.48. The molecular weight excluding hydrogens is 228 g/mol. The maximum absolute atomic E-state index is 6.27. The largest absolute Gasteiger partial charge is 0.477 e. The van der Waals surface area contributed by atoms with Gasteiger partial charge in [0.2, 0.25) is 5.88 Å². The predicted molar refractivity (Wildman–Crippen MR) is 71.8 cm³/mol. The van der Waals surface area contributed by atoms with E-state index in [-0.39, 0.29) is 5.54 Å². The van der Waals surface area contributed by atoms with E-state index in [9.17, 15) is 0 Å². The first kappa shape index (κ1) is 13.1. The molecule has 0 unspecified atom stereocenters. The molecule has 2 N–H and O–H groups in total. The van der Waals surface area contributed by atoms with Gasteiger partial charge in [-0.2, -0.15) is 4.98 Å². The van der Waals surface area contributed by atoms with E-state index < -0.39 is 0 Å². The summed E-state index contributed by atoms with van der Waals surface area (Å²) in [6.45, 7) is 8.71. The molecule has 2 rings (SSSR count). The molecule has 100 valence electrons. The van der Waals surface area contributed by atoms with Crippen molar-refractivity contribution in [3.05, 3.63) is 12.4 Å². The lowest BCUT2D eigenvalue weighted by Gasteiger charge is -2.50. The minimum atomic E-state index is -0.0953. The van der Waals surface area contributed by atoms with Crippen LogP contribution in [0.2, 0.25) is 0 Å². The van der Waals surface area contributed by atoms with Gasteiger partial charge in [-0.25, -0.2) is 0 Å². The fourth-order valence-corrected chi connectivity index (χ4v) is 1.96. The Hall–Kier alpha value is -1.36. The van der Waals surface area contributed by atoms with Crippen LogP contribution in [-0.2, 0) is 0 Å². The van der Waals surface area contributed by atoms with Gasteiger partial charge in [0.05, 0.1) is 24.5 Å². The second-order valence-electron chi connectivity index (χ2n) is 5.31. The molecule has 0 amide bonds. The molecule has 1 aromatic rings. The number of hydrogen-bond acceptors (Lipinski definition) is 5. The Balaban J connectivity index is 1.99. The number of anilines is 1. The summed E-state index contributed by atoms with van der Waals surface area (Å²) in [6.07, 6.45) is 4.38. The van der Waals surface area contributed by atoms with Crippen LogP contribution in [0.5, 0.6) is 5.88 Å². The smallest absolute Gasteiger partial charge is 0.234 e. The van der Waals surface area contributed by atoms with Crippen LogP contribution < -0.4 is 15.4 Å². The van der Waals surface area contributed by atoms with E-state index in [0.29, 0.717) is 18.4 Å². The summed E-state index contributed by atoms with van der Waals surface area (Å²) in [6, 6.07) is 0. The van der Waals surface area contributed by atoms with Crippen LogP contribution in [0.4, 0.5) is 5.82 Å². The zero-order valence-corrected chi connectivity index (χ0v) is 11.4. The molecule has 0 spiro atoms. The van der Waals surface area contributed by atoms with E-state index in [2.05, 4.69) is 35.6 Å². The topological polar surface area (TPSA) is 64.3 Å². The summed E-state index contributed by atoms with van der Waals surface area (Å²) >= 11 is 0. The second kappa shape index (κ2) is 5.10. The van der Waals surface area contributed by atoms with Crippen LogP contribution in [0.3, 0.4) is 0 Å². The molecule has 0 aromatic carbocycles. The lowest BCUT2D eigenvalue weighted by molar-refractivity contribution is 0.242. The number of hydrogen-bond donors (Lipinski definition) is 1. The van der Waals surface area contributed by atoms with E-state index in [1.807, 2.05) is 0 Å². The van der Waals surface area contributed by atoms with Crippen molar-refractivity contribution in [1.82, 2.24) is 9.97 Å². The molecule has 1 aliphatic heterocycles. The van der Waals surface area contributed by atoms with Crippen LogP contribution in [0, 0.1) is 5.92 Å². The Kier molecular flexibility index (Phi) is 3.71. The zero-order valence-electron chi connectivity index (χ0n) is 11.4. The minimum Gasteiger partial charge on any atom is -0.477 e. The molecule has 1 aliphatic rings. The normalized spacial score (nSPS) is 17.7. The molecule has 5 heteroatoms. The van der Waals surface area contributed by atoms with Gasteiger partial charge in [-0.15, -0.1) is 0 Å². The van der Waals surface area contributed by atoms with Crippen LogP contribution in [0.1, 0.15) is 27.2 Å². The predicted octanol–water partition coefficient (Wildman–Crippen LogP) is 1.44. The molecule has 0 bridgehead atoms. The van der Waals surface area contributed by atoms with E-state index in [0.717, 1.165) is 25.3 Å². The summed E-state index contributed by atoms with van der Waals surface area (Å²) in [5, 5.41) is 0. The third kappa shape index (κ3) is 2.56. The first-order chi connectivity index (χ1) is 8.55. The molecule has 0 radical (unpaired) electrons. The van der Waals surface area contributed by atoms with E-state index >= 15 is 0 Å². The number of rotatable bonds is 5. The summed E-state index contributed by atoms with van der Waals surface area (Å²) in [5.41, 5.74) is 6.18. The average molecular weight is 250 g/mol. The number of nitrogens with two attached hydrogens (primary N) is 1. The number of ether oxygens (including phenoxy) is 1. The van der Waals surface area contributed by atoms with E-state index in [4.69, 9.17) is 10.5 Å². The third-order valence-corrected chi connectivity index (χ3v) is 3.50. The van der Waals surface area contributed by atoms with Gasteiger partial charge in [-0.1, -0.05) is 20.8 Å². The van der Waals surface area contributed by atoms with E-state index in [1.54, 1.807) is 12.4 Å². The molecule has 0 saturated carbocycles. The number of aromatic nitrogens is 2. The van der Waals surface area contributed by atoms with Gasteiger partial charge in [0.15, 0.2) is 5.82 Å². The van der Waals surface area contributed by atoms with Gasteiger partial charge < -0.3 is 15.4 Å². The van der Waals surface area contributed by atoms with Gasteiger partial charge in [0.25, 0.3) is 0 Å². The van der Waals surface area contributed by atoms with Crippen molar-refractivity contribution in [1.29, 1.82) is 0 Å². The van der Waals surface area contributed by atoms with E-state index in [1.165, 1.54) is 0 Å². The third-order valence-electron chi connectivity index (χ3n) is 3.50. The van der Waals surface area contributed by atoms with Gasteiger partial charge in [-0.05, 0) is 12.3 Å². The van der Waals surface area contributed by atoms with Crippen molar-refractivity contribution in [2.75, 3.05) is 24.6 Å². The molecule has 18 heavy (non-hydrogen) atoms. The quantitative estimate of drug-likeness (QED) is 0.856. The first-order valence-electron chi connectivity index (χ1n) is 6.54. The van der Waals surface area contributed by atoms with Crippen LogP contribution in [0.25, 0.3) is 0 Å². The molecule has 1 saturated heterocycles. The molecule has 0 atom stereocenters. The van der Waals surface area contributed by atoms with Crippen LogP contribution in [-0.4, -0.2) is 35.2 Å². The average Bonchev–Trinajstić information content (AvgIpc) is 2.32. The summed E-state index contributed by atoms with van der Waals surface area (Å²) in [7, 11) is 0. The lowest BCUT2D eigenvalue weighted by Crippen LogP contribution is -2.70. The fourth-order valence-electron chi connectivity index (χ4n) is 1.96. The SMILES string of the molecule is CCCOc1cncc(N2CC(N)(C(C)C)C2)n1. The molecule has 0 aliphatic carbocycles. The van der Waals surface area contributed by atoms with Crippen LogP contribution in [0.15, 0.2) is 12.4 Å². The number of nitrogens with zero attached hydrogens (tertiary/aromatic N) is 3. The van der Waals surface area contributed by atoms with Gasteiger partial charge in [-0.3, -0.25) is 4.98 Å². The molecule has 1 aromatic heterocycles. The zero-order chi connectivity index (χ0) is 13.2. The van der Waals surface area contributed by atoms with Gasteiger partial charge in [0.1, 0.15) is 0 Å². The summed E-state index contributed by atoms with van der Waals surface area (Å²) in [5.74, 6) is 1.92. The molecule has 5 nitrogen and oxygen atoms in total. The molecular formula is C13H22N4O. The van der Waals surface area contributed by atoms with Crippen LogP contribution >= 0.6 is 0 Å². The second-order valence-corrected chi connectivity index (χ2v) is 5.31. The van der Waals surface area contributed by atoms with Gasteiger partial charge in [0, 0.05) is 13.1 Å². The Bertz CT molecular complexity index is 402. The van der Waals surface area contributed by atoms with Crippen molar-refractivity contribution < 1.29 is 4.74 Å².